The summed E-state index contributed by atoms with van der Waals surface area (Å²) in [7, 11) is 1.99. The number of aromatic nitrogens is 2. The van der Waals surface area contributed by atoms with Gasteiger partial charge in [0.1, 0.15) is 0 Å². The molecule has 4 nitrogen and oxygen atoms in total. The van der Waals surface area contributed by atoms with E-state index in [1.54, 1.807) is 0 Å². The van der Waals surface area contributed by atoms with Gasteiger partial charge in [0, 0.05) is 24.7 Å². The van der Waals surface area contributed by atoms with E-state index in [-0.39, 0.29) is 16.9 Å². The highest BCUT2D eigenvalue weighted by Gasteiger charge is 2.48. The average molecular weight is 279 g/mol. The molecule has 0 aliphatic heterocycles. The third-order valence-electron chi connectivity index (χ3n) is 5.15. The van der Waals surface area contributed by atoms with Crippen LogP contribution in [0.5, 0.6) is 0 Å². The van der Waals surface area contributed by atoms with Gasteiger partial charge in [-0.15, -0.1) is 0 Å². The molecule has 1 aliphatic carbocycles. The van der Waals surface area contributed by atoms with Crippen molar-refractivity contribution in [3.63, 3.8) is 0 Å². The van der Waals surface area contributed by atoms with E-state index in [1.807, 2.05) is 11.7 Å². The number of aliphatic hydroxyl groups excluding tert-OH is 1. The van der Waals surface area contributed by atoms with Crippen LogP contribution in [-0.2, 0) is 19.9 Å². The molecule has 0 bridgehead atoms. The number of aryl methyl sites for hydroxylation is 2. The van der Waals surface area contributed by atoms with E-state index in [0.717, 1.165) is 37.8 Å². The minimum Gasteiger partial charge on any atom is -0.392 e. The van der Waals surface area contributed by atoms with Crippen LogP contribution in [0.4, 0.5) is 0 Å². The Morgan fingerprint density at radius 1 is 1.45 bits per heavy atom. The van der Waals surface area contributed by atoms with Gasteiger partial charge in [-0.1, -0.05) is 27.2 Å². The lowest BCUT2D eigenvalue weighted by Gasteiger charge is -2.49. The first-order chi connectivity index (χ1) is 9.34. The molecule has 1 heterocycles. The molecule has 1 aromatic heterocycles. The van der Waals surface area contributed by atoms with Crippen molar-refractivity contribution in [2.75, 3.05) is 6.54 Å². The molecule has 20 heavy (non-hydrogen) atoms. The van der Waals surface area contributed by atoms with Crippen molar-refractivity contribution in [1.82, 2.24) is 9.78 Å². The van der Waals surface area contributed by atoms with Crippen LogP contribution >= 0.6 is 0 Å². The Morgan fingerprint density at radius 2 is 2.15 bits per heavy atom. The maximum atomic E-state index is 10.9. The fraction of sp³-hybridized carbons (Fsp3) is 0.812. The highest BCUT2D eigenvalue weighted by atomic mass is 16.3. The van der Waals surface area contributed by atoms with E-state index >= 15 is 0 Å². The number of nitrogens with zero attached hydrogens (tertiary/aromatic N) is 2. The van der Waals surface area contributed by atoms with Crippen LogP contribution in [0.1, 0.15) is 51.4 Å². The highest BCUT2D eigenvalue weighted by molar-refractivity contribution is 5.15. The average Bonchev–Trinajstić information content (AvgIpc) is 2.76. The second kappa shape index (κ2) is 5.49. The van der Waals surface area contributed by atoms with Gasteiger partial charge in [-0.05, 0) is 37.2 Å². The quantitative estimate of drug-likeness (QED) is 0.886. The molecule has 2 atom stereocenters. The van der Waals surface area contributed by atoms with Crippen LogP contribution < -0.4 is 5.73 Å². The van der Waals surface area contributed by atoms with Crippen LogP contribution in [-0.4, -0.2) is 27.5 Å². The molecule has 2 unspecified atom stereocenters. The molecule has 1 aromatic rings. The van der Waals surface area contributed by atoms with Crippen molar-refractivity contribution in [3.05, 3.63) is 17.5 Å². The van der Waals surface area contributed by atoms with Gasteiger partial charge in [-0.2, -0.15) is 5.10 Å². The van der Waals surface area contributed by atoms with Gasteiger partial charge >= 0.3 is 0 Å². The second-order valence-electron chi connectivity index (χ2n) is 7.09. The van der Waals surface area contributed by atoms with Crippen molar-refractivity contribution in [2.24, 2.45) is 23.6 Å². The van der Waals surface area contributed by atoms with Crippen LogP contribution in [0.15, 0.2) is 6.07 Å². The molecule has 1 aliphatic rings. The molecule has 3 N–H and O–H groups in total. The lowest BCUT2D eigenvalue weighted by atomic mass is 9.59. The summed E-state index contributed by atoms with van der Waals surface area (Å²) >= 11 is 0. The summed E-state index contributed by atoms with van der Waals surface area (Å²) in [6.07, 6.45) is 4.62. The number of hydrogen-bond acceptors (Lipinski definition) is 3. The first kappa shape index (κ1) is 15.5. The first-order valence-corrected chi connectivity index (χ1v) is 7.74. The fourth-order valence-corrected chi connectivity index (χ4v) is 3.74. The van der Waals surface area contributed by atoms with E-state index in [1.165, 1.54) is 5.69 Å². The van der Waals surface area contributed by atoms with Crippen LogP contribution in [0.25, 0.3) is 0 Å². The van der Waals surface area contributed by atoms with Gasteiger partial charge in [0.25, 0.3) is 0 Å². The molecule has 0 aromatic carbocycles. The molecule has 4 heteroatoms. The lowest BCUT2D eigenvalue weighted by Crippen LogP contribution is -2.53. The molecule has 0 saturated heterocycles. The summed E-state index contributed by atoms with van der Waals surface area (Å²) in [4.78, 5) is 0. The summed E-state index contributed by atoms with van der Waals surface area (Å²) in [6.45, 7) is 6.96. The minimum atomic E-state index is -0.353. The van der Waals surface area contributed by atoms with Gasteiger partial charge in [0.05, 0.1) is 11.8 Å². The minimum absolute atomic E-state index is 0.0518. The van der Waals surface area contributed by atoms with Crippen molar-refractivity contribution in [3.8, 4) is 0 Å². The molecule has 0 amide bonds. The maximum absolute atomic E-state index is 10.9. The molecular weight excluding hydrogens is 250 g/mol. The summed E-state index contributed by atoms with van der Waals surface area (Å²) in [5, 5.41) is 15.4. The molecule has 2 rings (SSSR count). The Kier molecular flexibility index (Phi) is 4.26. The molecule has 1 saturated carbocycles. The number of hydrogen-bond donors (Lipinski definition) is 2. The van der Waals surface area contributed by atoms with Crippen LogP contribution in [0.3, 0.4) is 0 Å². The van der Waals surface area contributed by atoms with Gasteiger partial charge in [0.15, 0.2) is 0 Å². The SMILES string of the molecule is CCc1cc(CC2(CN)CCCC(C)(C)C2O)n(C)n1. The van der Waals surface area contributed by atoms with E-state index in [9.17, 15) is 5.11 Å². The zero-order valence-corrected chi connectivity index (χ0v) is 13.3. The predicted molar refractivity (Wildman–Crippen MR) is 81.4 cm³/mol. The topological polar surface area (TPSA) is 64.1 Å². The monoisotopic (exact) mass is 279 g/mol. The molecule has 1 fully saturated rings. The Hall–Kier alpha value is -0.870. The van der Waals surface area contributed by atoms with E-state index in [2.05, 4.69) is 31.9 Å². The van der Waals surface area contributed by atoms with Crippen LogP contribution in [0, 0.1) is 10.8 Å². The standard InChI is InChI=1S/C16H29N3O/c1-5-12-9-13(19(4)18-12)10-16(11-17)8-6-7-15(2,3)14(16)20/h9,14,20H,5-8,10-11,17H2,1-4H3. The third-order valence-corrected chi connectivity index (χ3v) is 5.15. The van der Waals surface area contributed by atoms with Gasteiger partial charge in [0.2, 0.25) is 0 Å². The summed E-state index contributed by atoms with van der Waals surface area (Å²) in [5.74, 6) is 0. The van der Waals surface area contributed by atoms with E-state index in [4.69, 9.17) is 5.73 Å². The second-order valence-corrected chi connectivity index (χ2v) is 7.09. The predicted octanol–water partition coefficient (Wildman–Crippen LogP) is 2.04. The Balaban J connectivity index is 2.29. The van der Waals surface area contributed by atoms with E-state index < -0.39 is 0 Å². The zero-order valence-electron chi connectivity index (χ0n) is 13.3. The Morgan fingerprint density at radius 3 is 2.70 bits per heavy atom. The van der Waals surface area contributed by atoms with Crippen LogP contribution in [0.2, 0.25) is 0 Å². The van der Waals surface area contributed by atoms with Crippen molar-refractivity contribution in [2.45, 2.75) is 59.0 Å². The van der Waals surface area contributed by atoms with Gasteiger partial charge < -0.3 is 10.8 Å². The summed E-state index contributed by atoms with van der Waals surface area (Å²) in [6, 6.07) is 2.16. The third kappa shape index (κ3) is 2.63. The lowest BCUT2D eigenvalue weighted by molar-refractivity contribution is -0.0891. The largest absolute Gasteiger partial charge is 0.392 e. The number of aliphatic hydroxyl groups is 1. The number of nitrogens with two attached hydrogens (primary N) is 1. The summed E-state index contributed by atoms with van der Waals surface area (Å²) in [5.41, 5.74) is 8.13. The van der Waals surface area contributed by atoms with Crippen molar-refractivity contribution >= 4 is 0 Å². The smallest absolute Gasteiger partial charge is 0.0663 e. The Labute approximate surface area is 122 Å². The molecule has 114 valence electrons. The normalized spacial score (nSPS) is 29.6. The van der Waals surface area contributed by atoms with Gasteiger partial charge in [-0.25, -0.2) is 0 Å². The fourth-order valence-electron chi connectivity index (χ4n) is 3.74. The summed E-state index contributed by atoms with van der Waals surface area (Å²) < 4.78 is 1.95. The van der Waals surface area contributed by atoms with Crippen molar-refractivity contribution in [1.29, 1.82) is 0 Å². The zero-order chi connectivity index (χ0) is 15.0. The van der Waals surface area contributed by atoms with E-state index in [0.29, 0.717) is 6.54 Å². The molecular formula is C16H29N3O. The maximum Gasteiger partial charge on any atom is 0.0663 e. The molecule has 0 spiro atoms. The number of rotatable bonds is 4. The Bertz CT molecular complexity index is 466. The molecule has 0 radical (unpaired) electrons. The van der Waals surface area contributed by atoms with Crippen molar-refractivity contribution < 1.29 is 5.11 Å². The highest BCUT2D eigenvalue weighted by Crippen LogP contribution is 2.47. The first-order valence-electron chi connectivity index (χ1n) is 7.74. The van der Waals surface area contributed by atoms with Gasteiger partial charge in [-0.3, -0.25) is 4.68 Å².